The van der Waals surface area contributed by atoms with Gasteiger partial charge in [0.2, 0.25) is 0 Å². The van der Waals surface area contributed by atoms with Crippen LogP contribution in [0.1, 0.15) is 11.1 Å². The van der Waals surface area contributed by atoms with Gasteiger partial charge in [-0.3, -0.25) is 9.59 Å². The van der Waals surface area contributed by atoms with Gasteiger partial charge >= 0.3 is 11.8 Å². The minimum atomic E-state index is -1.03. The lowest BCUT2D eigenvalue weighted by molar-refractivity contribution is -0.139. The number of nitrogens with one attached hydrogen (secondary N) is 2. The van der Waals surface area contributed by atoms with Gasteiger partial charge in [0, 0.05) is 0 Å². The third-order valence-electron chi connectivity index (χ3n) is 3.88. The van der Waals surface area contributed by atoms with Crippen LogP contribution in [0.5, 0.6) is 23.0 Å². The predicted octanol–water partition coefficient (Wildman–Crippen LogP) is 2.63. The van der Waals surface area contributed by atoms with Crippen molar-refractivity contribution in [2.75, 3.05) is 28.4 Å². The summed E-state index contributed by atoms with van der Waals surface area (Å²) < 4.78 is 20.6. The Balaban J connectivity index is 1.97. The normalized spacial score (nSPS) is 10.8. The van der Waals surface area contributed by atoms with E-state index in [9.17, 15) is 9.59 Å². The van der Waals surface area contributed by atoms with E-state index in [0.717, 1.165) is 0 Å². The summed E-state index contributed by atoms with van der Waals surface area (Å²) in [6.45, 7) is 0. The van der Waals surface area contributed by atoms with Gasteiger partial charge < -0.3 is 18.9 Å². The standard InChI is InChI=1S/C20H20Cl2N4O6/c1-29-15-7-11(5-13(21)17(15)31-3)9-23-25-19(27)20(28)26-24-10-12-6-14(22)18(32-4)16(8-12)30-2/h5-10H,1-4H3,(H,25,27)(H,26,28)/b23-9+,24-10?. The highest BCUT2D eigenvalue weighted by Crippen LogP contribution is 2.36. The molecule has 2 aromatic carbocycles. The van der Waals surface area contributed by atoms with E-state index in [-0.39, 0.29) is 0 Å². The molecule has 2 rings (SSSR count). The molecule has 0 saturated carbocycles. The number of hydrogen-bond acceptors (Lipinski definition) is 8. The van der Waals surface area contributed by atoms with Gasteiger partial charge in [0.25, 0.3) is 0 Å². The summed E-state index contributed by atoms with van der Waals surface area (Å²) >= 11 is 12.2. The Morgan fingerprint density at radius 3 is 1.41 bits per heavy atom. The Kier molecular flexibility index (Phi) is 9.11. The highest BCUT2D eigenvalue weighted by atomic mass is 35.5. The minimum Gasteiger partial charge on any atom is -0.493 e. The third kappa shape index (κ3) is 6.25. The fraction of sp³-hybridized carbons (Fsp3) is 0.200. The SMILES string of the molecule is COc1cc(C=NNC(=O)C(=O)N/N=C/c2cc(Cl)c(OC)c(OC)c2)cc(Cl)c1OC. The molecule has 32 heavy (non-hydrogen) atoms. The lowest BCUT2D eigenvalue weighted by atomic mass is 10.2. The van der Waals surface area contributed by atoms with Gasteiger partial charge in [0.15, 0.2) is 23.0 Å². The van der Waals surface area contributed by atoms with Crippen LogP contribution in [0, 0.1) is 0 Å². The third-order valence-corrected chi connectivity index (χ3v) is 4.44. The molecule has 0 unspecified atom stereocenters. The first-order valence-electron chi connectivity index (χ1n) is 8.84. The number of carbonyl (C=O) groups excluding carboxylic acids is 2. The molecule has 0 fully saturated rings. The van der Waals surface area contributed by atoms with Crippen LogP contribution in [-0.2, 0) is 9.59 Å². The highest BCUT2D eigenvalue weighted by Gasteiger charge is 2.13. The fourth-order valence-corrected chi connectivity index (χ4v) is 3.05. The van der Waals surface area contributed by atoms with E-state index in [1.165, 1.54) is 40.9 Å². The second-order valence-electron chi connectivity index (χ2n) is 5.87. The Hall–Kier alpha value is -3.50. The first-order valence-corrected chi connectivity index (χ1v) is 9.59. The number of halogens is 2. The molecule has 0 aliphatic carbocycles. The van der Waals surface area contributed by atoms with Gasteiger partial charge in [-0.2, -0.15) is 10.2 Å². The fourth-order valence-electron chi connectivity index (χ4n) is 2.46. The van der Waals surface area contributed by atoms with E-state index in [0.29, 0.717) is 44.2 Å². The Labute approximate surface area is 194 Å². The van der Waals surface area contributed by atoms with Crippen molar-refractivity contribution in [1.82, 2.24) is 10.9 Å². The second kappa shape index (κ2) is 11.8. The number of benzene rings is 2. The molecule has 170 valence electrons. The molecule has 10 nitrogen and oxygen atoms in total. The number of carbonyl (C=O) groups is 2. The smallest absolute Gasteiger partial charge is 0.331 e. The van der Waals surface area contributed by atoms with Crippen molar-refractivity contribution in [3.05, 3.63) is 45.4 Å². The Bertz CT molecular complexity index is 975. The molecular formula is C20H20Cl2N4O6. The van der Waals surface area contributed by atoms with Gasteiger partial charge in [-0.1, -0.05) is 23.2 Å². The summed E-state index contributed by atoms with van der Waals surface area (Å²) in [5.74, 6) is -0.567. The van der Waals surface area contributed by atoms with E-state index in [4.69, 9.17) is 42.1 Å². The van der Waals surface area contributed by atoms with Crippen LogP contribution in [0.2, 0.25) is 10.0 Å². The van der Waals surface area contributed by atoms with Crippen LogP contribution in [-0.4, -0.2) is 52.7 Å². The summed E-state index contributed by atoms with van der Waals surface area (Å²) in [4.78, 5) is 23.7. The summed E-state index contributed by atoms with van der Waals surface area (Å²) in [7, 11) is 5.83. The Morgan fingerprint density at radius 2 is 1.09 bits per heavy atom. The van der Waals surface area contributed by atoms with Gasteiger partial charge in [-0.25, -0.2) is 10.9 Å². The number of amides is 2. The molecular weight excluding hydrogens is 463 g/mol. The van der Waals surface area contributed by atoms with Crippen molar-refractivity contribution in [1.29, 1.82) is 0 Å². The number of nitrogens with zero attached hydrogens (tertiary/aromatic N) is 2. The number of hydrogen-bond donors (Lipinski definition) is 2. The molecule has 0 aliphatic heterocycles. The predicted molar refractivity (Wildman–Crippen MR) is 121 cm³/mol. The zero-order chi connectivity index (χ0) is 23.7. The zero-order valence-corrected chi connectivity index (χ0v) is 19.1. The molecule has 2 amide bonds. The van der Waals surface area contributed by atoms with Crippen LogP contribution in [0.15, 0.2) is 34.5 Å². The van der Waals surface area contributed by atoms with Gasteiger partial charge in [0.1, 0.15) is 0 Å². The van der Waals surface area contributed by atoms with Crippen molar-refractivity contribution in [2.45, 2.75) is 0 Å². The average Bonchev–Trinajstić information content (AvgIpc) is 2.77. The second-order valence-corrected chi connectivity index (χ2v) is 6.69. The maximum absolute atomic E-state index is 11.9. The quantitative estimate of drug-likeness (QED) is 0.339. The molecule has 0 heterocycles. The van der Waals surface area contributed by atoms with E-state index in [1.807, 2.05) is 0 Å². The number of rotatable bonds is 8. The molecule has 0 radical (unpaired) electrons. The Morgan fingerprint density at radius 1 is 0.719 bits per heavy atom. The van der Waals surface area contributed by atoms with Gasteiger partial charge in [-0.15, -0.1) is 0 Å². The van der Waals surface area contributed by atoms with Crippen LogP contribution < -0.4 is 29.8 Å². The lowest BCUT2D eigenvalue weighted by Crippen LogP contribution is -2.35. The first kappa shape index (κ1) is 24.8. The van der Waals surface area contributed by atoms with Crippen molar-refractivity contribution in [3.63, 3.8) is 0 Å². The van der Waals surface area contributed by atoms with E-state index < -0.39 is 11.8 Å². The molecule has 0 aliphatic rings. The zero-order valence-electron chi connectivity index (χ0n) is 17.6. The minimum absolute atomic E-state index is 0.293. The summed E-state index contributed by atoms with van der Waals surface area (Å²) in [6, 6.07) is 6.30. The largest absolute Gasteiger partial charge is 0.493 e. The summed E-state index contributed by atoms with van der Waals surface area (Å²) in [6.07, 6.45) is 2.57. The maximum Gasteiger partial charge on any atom is 0.331 e. The lowest BCUT2D eigenvalue weighted by Gasteiger charge is -2.10. The first-order chi connectivity index (χ1) is 15.3. The number of hydrazone groups is 2. The maximum atomic E-state index is 11.9. The molecule has 0 aromatic heterocycles. The summed E-state index contributed by atoms with van der Waals surface area (Å²) in [5.41, 5.74) is 5.18. The van der Waals surface area contributed by atoms with Crippen molar-refractivity contribution in [3.8, 4) is 23.0 Å². The topological polar surface area (TPSA) is 120 Å². The molecule has 2 N–H and O–H groups in total. The van der Waals surface area contributed by atoms with Crippen molar-refractivity contribution < 1.29 is 28.5 Å². The van der Waals surface area contributed by atoms with Crippen LogP contribution in [0.4, 0.5) is 0 Å². The van der Waals surface area contributed by atoms with Crippen molar-refractivity contribution in [2.24, 2.45) is 10.2 Å². The molecule has 0 saturated heterocycles. The van der Waals surface area contributed by atoms with Crippen LogP contribution in [0.3, 0.4) is 0 Å². The molecule has 0 atom stereocenters. The van der Waals surface area contributed by atoms with Gasteiger partial charge in [0.05, 0.1) is 50.9 Å². The van der Waals surface area contributed by atoms with E-state index in [2.05, 4.69) is 21.1 Å². The molecule has 12 heteroatoms. The average molecular weight is 483 g/mol. The summed E-state index contributed by atoms with van der Waals surface area (Å²) in [5, 5.41) is 8.02. The van der Waals surface area contributed by atoms with Gasteiger partial charge in [-0.05, 0) is 35.4 Å². The van der Waals surface area contributed by atoms with E-state index >= 15 is 0 Å². The van der Waals surface area contributed by atoms with Crippen LogP contribution >= 0.6 is 23.2 Å². The molecule has 0 spiro atoms. The van der Waals surface area contributed by atoms with E-state index in [1.54, 1.807) is 24.3 Å². The number of methoxy groups -OCH3 is 4. The molecule has 2 aromatic rings. The monoisotopic (exact) mass is 482 g/mol. The molecule has 0 bridgehead atoms. The van der Waals surface area contributed by atoms with Crippen molar-refractivity contribution >= 4 is 47.4 Å². The highest BCUT2D eigenvalue weighted by molar-refractivity contribution is 6.35. The van der Waals surface area contributed by atoms with Crippen LogP contribution in [0.25, 0.3) is 0 Å². The number of ether oxygens (including phenoxy) is 4.